The number of alkyl halides is 3. The SMILES string of the molecule is O=C1CSC(c2cccc(Oc3ccc(O)cc3)c2)(c2ccccc2C(F)(F)F)N1. The number of hydrogen-bond acceptors (Lipinski definition) is 4. The number of ether oxygens (including phenoxy) is 1. The molecule has 1 unspecified atom stereocenters. The van der Waals surface area contributed by atoms with Crippen molar-refractivity contribution in [3.8, 4) is 17.2 Å². The van der Waals surface area contributed by atoms with Crippen LogP contribution < -0.4 is 10.1 Å². The van der Waals surface area contributed by atoms with Gasteiger partial charge in [-0.15, -0.1) is 11.8 Å². The summed E-state index contributed by atoms with van der Waals surface area (Å²) in [4.78, 5) is 10.7. The van der Waals surface area contributed by atoms with Crippen molar-refractivity contribution in [1.29, 1.82) is 0 Å². The molecule has 4 nitrogen and oxygen atoms in total. The van der Waals surface area contributed by atoms with Gasteiger partial charge in [-0.2, -0.15) is 13.2 Å². The molecule has 1 aliphatic heterocycles. The van der Waals surface area contributed by atoms with E-state index in [0.29, 0.717) is 17.1 Å². The number of phenols is 1. The number of hydrogen-bond donors (Lipinski definition) is 2. The number of benzene rings is 3. The van der Waals surface area contributed by atoms with Gasteiger partial charge in [0.25, 0.3) is 0 Å². The van der Waals surface area contributed by atoms with Crippen LogP contribution in [0.2, 0.25) is 0 Å². The van der Waals surface area contributed by atoms with Crippen LogP contribution in [0.4, 0.5) is 13.2 Å². The van der Waals surface area contributed by atoms with Crippen LogP contribution in [-0.4, -0.2) is 16.8 Å². The zero-order chi connectivity index (χ0) is 21.4. The standard InChI is InChI=1S/C22H16F3NO3S/c23-22(24,25)19-7-2-1-6-18(19)21(26-20(28)13-30-21)14-4-3-5-17(12-14)29-16-10-8-15(27)9-11-16/h1-12,27H,13H2,(H,26,28). The lowest BCUT2D eigenvalue weighted by Gasteiger charge is -2.32. The Morgan fingerprint density at radius 3 is 2.37 bits per heavy atom. The number of carbonyl (C=O) groups is 1. The Bertz CT molecular complexity index is 1090. The van der Waals surface area contributed by atoms with Gasteiger partial charge in [0.05, 0.1) is 11.3 Å². The molecule has 4 rings (SSSR count). The molecule has 8 heteroatoms. The van der Waals surface area contributed by atoms with Crippen molar-refractivity contribution in [3.05, 3.63) is 89.5 Å². The first-order chi connectivity index (χ1) is 14.3. The third kappa shape index (κ3) is 3.82. The molecule has 1 heterocycles. The molecule has 1 amide bonds. The van der Waals surface area contributed by atoms with Gasteiger partial charge >= 0.3 is 6.18 Å². The Hall–Kier alpha value is -3.13. The highest BCUT2D eigenvalue weighted by Crippen LogP contribution is 2.48. The molecule has 0 spiro atoms. The molecule has 2 N–H and O–H groups in total. The second-order valence-electron chi connectivity index (χ2n) is 6.69. The normalized spacial score (nSPS) is 18.8. The summed E-state index contributed by atoms with van der Waals surface area (Å²) in [5.41, 5.74) is -0.369. The van der Waals surface area contributed by atoms with Crippen LogP contribution in [0.5, 0.6) is 17.2 Å². The van der Waals surface area contributed by atoms with Crippen molar-refractivity contribution in [2.75, 3.05) is 5.75 Å². The molecular weight excluding hydrogens is 415 g/mol. The summed E-state index contributed by atoms with van der Waals surface area (Å²) >= 11 is 1.10. The molecule has 1 atom stereocenters. The molecule has 1 aliphatic rings. The minimum Gasteiger partial charge on any atom is -0.508 e. The minimum atomic E-state index is -4.57. The maximum atomic E-state index is 13.7. The lowest BCUT2D eigenvalue weighted by Crippen LogP contribution is -2.39. The van der Waals surface area contributed by atoms with Gasteiger partial charge in [0.1, 0.15) is 22.1 Å². The average molecular weight is 431 g/mol. The van der Waals surface area contributed by atoms with Gasteiger partial charge in [-0.3, -0.25) is 4.79 Å². The van der Waals surface area contributed by atoms with Crippen LogP contribution in [-0.2, 0) is 15.8 Å². The molecule has 0 aromatic heterocycles. The van der Waals surface area contributed by atoms with Crippen molar-refractivity contribution in [3.63, 3.8) is 0 Å². The average Bonchev–Trinajstić information content (AvgIpc) is 3.12. The first-order valence-corrected chi connectivity index (χ1v) is 9.95. The Morgan fingerprint density at radius 2 is 1.70 bits per heavy atom. The smallest absolute Gasteiger partial charge is 0.416 e. The first kappa shape index (κ1) is 20.2. The van der Waals surface area contributed by atoms with Gasteiger partial charge in [0.2, 0.25) is 5.91 Å². The fraction of sp³-hybridized carbons (Fsp3) is 0.136. The molecule has 3 aromatic rings. The first-order valence-electron chi connectivity index (χ1n) is 8.97. The summed E-state index contributed by atoms with van der Waals surface area (Å²) in [6.45, 7) is 0. The second kappa shape index (κ2) is 7.60. The van der Waals surface area contributed by atoms with E-state index in [-0.39, 0.29) is 23.0 Å². The lowest BCUT2D eigenvalue weighted by molar-refractivity contribution is -0.138. The highest BCUT2D eigenvalue weighted by molar-refractivity contribution is 8.01. The van der Waals surface area contributed by atoms with E-state index in [1.165, 1.54) is 30.3 Å². The van der Waals surface area contributed by atoms with Crippen molar-refractivity contribution in [2.45, 2.75) is 11.0 Å². The quantitative estimate of drug-likeness (QED) is 0.591. The van der Waals surface area contributed by atoms with Crippen molar-refractivity contribution >= 4 is 17.7 Å². The Morgan fingerprint density at radius 1 is 0.967 bits per heavy atom. The summed E-state index contributed by atoms with van der Waals surface area (Å²) in [5, 5.41) is 12.1. The van der Waals surface area contributed by atoms with E-state index in [2.05, 4.69) is 5.32 Å². The molecule has 1 fully saturated rings. The maximum absolute atomic E-state index is 13.7. The predicted molar refractivity (Wildman–Crippen MR) is 107 cm³/mol. The fourth-order valence-corrected chi connectivity index (χ4v) is 4.60. The van der Waals surface area contributed by atoms with Crippen LogP contribution in [0.3, 0.4) is 0 Å². The third-order valence-corrected chi connectivity index (χ3v) is 6.06. The number of nitrogens with one attached hydrogen (secondary N) is 1. The Labute approximate surface area is 174 Å². The van der Waals surface area contributed by atoms with E-state index in [9.17, 15) is 23.1 Å². The molecule has 0 bridgehead atoms. The van der Waals surface area contributed by atoms with Gasteiger partial charge < -0.3 is 15.2 Å². The van der Waals surface area contributed by atoms with Gasteiger partial charge in [-0.1, -0.05) is 30.3 Å². The molecule has 0 aliphatic carbocycles. The number of carbonyl (C=O) groups excluding carboxylic acids is 1. The number of aromatic hydroxyl groups is 1. The third-order valence-electron chi connectivity index (χ3n) is 4.66. The van der Waals surface area contributed by atoms with E-state index in [1.807, 2.05) is 0 Å². The van der Waals surface area contributed by atoms with E-state index in [0.717, 1.165) is 17.8 Å². The molecule has 0 saturated carbocycles. The van der Waals surface area contributed by atoms with Gasteiger partial charge in [-0.05, 0) is 48.0 Å². The largest absolute Gasteiger partial charge is 0.508 e. The van der Waals surface area contributed by atoms with Gasteiger partial charge in [0, 0.05) is 5.56 Å². The van der Waals surface area contributed by atoms with E-state index in [1.54, 1.807) is 36.4 Å². The van der Waals surface area contributed by atoms with Gasteiger partial charge in [0.15, 0.2) is 0 Å². The summed E-state index contributed by atoms with van der Waals surface area (Å²) in [5.74, 6) is 0.627. The number of phenolic OH excluding ortho intramolecular Hbond substituents is 1. The number of thioether (sulfide) groups is 1. The van der Waals surface area contributed by atoms with E-state index in [4.69, 9.17) is 4.74 Å². The topological polar surface area (TPSA) is 58.6 Å². The van der Waals surface area contributed by atoms with E-state index >= 15 is 0 Å². The van der Waals surface area contributed by atoms with Crippen LogP contribution in [0.15, 0.2) is 72.8 Å². The van der Waals surface area contributed by atoms with Crippen LogP contribution in [0.25, 0.3) is 0 Å². The molecule has 0 radical (unpaired) electrons. The van der Waals surface area contributed by atoms with Crippen LogP contribution >= 0.6 is 11.8 Å². The Balaban J connectivity index is 1.80. The predicted octanol–water partition coefficient (Wildman–Crippen LogP) is 5.27. The lowest BCUT2D eigenvalue weighted by atomic mass is 9.93. The van der Waals surface area contributed by atoms with Crippen molar-refractivity contribution in [2.24, 2.45) is 0 Å². The Kier molecular flexibility index (Phi) is 5.11. The second-order valence-corrected chi connectivity index (χ2v) is 7.87. The van der Waals surface area contributed by atoms with Crippen LogP contribution in [0.1, 0.15) is 16.7 Å². The van der Waals surface area contributed by atoms with Crippen molar-refractivity contribution < 1.29 is 27.8 Å². The monoisotopic (exact) mass is 431 g/mol. The number of rotatable bonds is 4. The molecule has 3 aromatic carbocycles. The van der Waals surface area contributed by atoms with E-state index < -0.39 is 16.6 Å². The van der Waals surface area contributed by atoms with Gasteiger partial charge in [-0.25, -0.2) is 0 Å². The number of halogens is 3. The van der Waals surface area contributed by atoms with Crippen LogP contribution in [0, 0.1) is 0 Å². The summed E-state index contributed by atoms with van der Waals surface area (Å²) in [7, 11) is 0. The summed E-state index contributed by atoms with van der Waals surface area (Å²) in [6.07, 6.45) is -4.57. The fourth-order valence-electron chi connectivity index (χ4n) is 3.36. The van der Waals surface area contributed by atoms with Crippen molar-refractivity contribution in [1.82, 2.24) is 5.32 Å². The molecule has 154 valence electrons. The highest BCUT2D eigenvalue weighted by Gasteiger charge is 2.47. The zero-order valence-corrected chi connectivity index (χ0v) is 16.3. The minimum absolute atomic E-state index is 0.0323. The summed E-state index contributed by atoms with van der Waals surface area (Å²) < 4.78 is 46.9. The zero-order valence-electron chi connectivity index (χ0n) is 15.4. The molecule has 30 heavy (non-hydrogen) atoms. The maximum Gasteiger partial charge on any atom is 0.416 e. The summed E-state index contributed by atoms with van der Waals surface area (Å²) in [6, 6.07) is 17.9. The molecule has 1 saturated heterocycles. The molecular formula is C22H16F3NO3S. The number of amides is 1. The highest BCUT2D eigenvalue weighted by atomic mass is 32.2.